The minimum absolute atomic E-state index is 0.175. The van der Waals surface area contributed by atoms with Gasteiger partial charge in [-0.2, -0.15) is 13.2 Å². The number of piperidine rings is 1. The maximum absolute atomic E-state index is 13.2. The first-order chi connectivity index (χ1) is 18.1. The molecule has 0 saturated carbocycles. The molecule has 1 saturated heterocycles. The molecule has 1 fully saturated rings. The van der Waals surface area contributed by atoms with Crippen LogP contribution in [0.4, 0.5) is 18.9 Å². The lowest BCUT2D eigenvalue weighted by molar-refractivity contribution is -0.137. The molecule has 1 atom stereocenters. The summed E-state index contributed by atoms with van der Waals surface area (Å²) in [6.45, 7) is 4.48. The summed E-state index contributed by atoms with van der Waals surface area (Å²) in [6.07, 6.45) is 2.24. The van der Waals surface area contributed by atoms with Crippen molar-refractivity contribution < 1.29 is 18.0 Å². The van der Waals surface area contributed by atoms with E-state index in [4.69, 9.17) is 17.3 Å². The number of nitrogens with two attached hydrogens (primary N) is 1. The molecule has 9 heteroatoms. The van der Waals surface area contributed by atoms with Crippen molar-refractivity contribution in [3.8, 4) is 0 Å². The summed E-state index contributed by atoms with van der Waals surface area (Å²) in [4.78, 5) is 20.5. The number of nitrogens with zero attached hydrogens (tertiary/aromatic N) is 3. The van der Waals surface area contributed by atoms with Crippen molar-refractivity contribution in [2.24, 2.45) is 5.73 Å². The number of alkyl halides is 3. The van der Waals surface area contributed by atoms with Crippen LogP contribution in [0.5, 0.6) is 0 Å². The van der Waals surface area contributed by atoms with Gasteiger partial charge in [0, 0.05) is 60.4 Å². The Bertz CT molecular complexity index is 1230. The first-order valence-corrected chi connectivity index (χ1v) is 13.1. The fraction of sp³-hybridized carbons (Fsp3) is 0.379. The van der Waals surface area contributed by atoms with Gasteiger partial charge in [0.25, 0.3) is 0 Å². The van der Waals surface area contributed by atoms with Gasteiger partial charge in [0.2, 0.25) is 5.91 Å². The first kappa shape index (κ1) is 27.9. The molecule has 1 unspecified atom stereocenters. The minimum Gasteiger partial charge on any atom is -0.366 e. The zero-order valence-electron chi connectivity index (χ0n) is 21.3. The first-order valence-electron chi connectivity index (χ1n) is 12.8. The van der Waals surface area contributed by atoms with E-state index in [-0.39, 0.29) is 6.04 Å². The molecule has 0 spiro atoms. The van der Waals surface area contributed by atoms with Crippen LogP contribution in [-0.2, 0) is 19.1 Å². The number of carbonyl (C=O) groups is 1. The molecule has 1 aromatic heterocycles. The summed E-state index contributed by atoms with van der Waals surface area (Å²) in [7, 11) is 0. The van der Waals surface area contributed by atoms with E-state index < -0.39 is 17.6 Å². The summed E-state index contributed by atoms with van der Waals surface area (Å²) in [6, 6.07) is 15.1. The van der Waals surface area contributed by atoms with Gasteiger partial charge in [0.15, 0.2) is 0 Å². The van der Waals surface area contributed by atoms with E-state index in [0.717, 1.165) is 61.3 Å². The molecule has 1 amide bonds. The van der Waals surface area contributed by atoms with Crippen LogP contribution < -0.4 is 10.6 Å². The average Bonchev–Trinajstić information content (AvgIpc) is 2.90. The predicted octanol–water partition coefficient (Wildman–Crippen LogP) is 6.35. The number of anilines is 1. The number of halogens is 4. The summed E-state index contributed by atoms with van der Waals surface area (Å²) in [5, 5.41) is 0.631. The Hall–Kier alpha value is -3.10. The van der Waals surface area contributed by atoms with Crippen LogP contribution in [-0.4, -0.2) is 41.0 Å². The number of primary amides is 1. The number of rotatable bonds is 9. The average molecular weight is 545 g/mol. The Morgan fingerprint density at radius 3 is 2.50 bits per heavy atom. The maximum atomic E-state index is 13.2. The van der Waals surface area contributed by atoms with Crippen LogP contribution in [0.25, 0.3) is 0 Å². The van der Waals surface area contributed by atoms with Crippen molar-refractivity contribution in [1.29, 1.82) is 0 Å². The second-order valence-electron chi connectivity index (χ2n) is 9.85. The van der Waals surface area contributed by atoms with E-state index in [1.54, 1.807) is 30.6 Å². The van der Waals surface area contributed by atoms with Crippen molar-refractivity contribution >= 4 is 23.2 Å². The van der Waals surface area contributed by atoms with Crippen molar-refractivity contribution in [2.45, 2.75) is 57.4 Å². The van der Waals surface area contributed by atoms with Crippen LogP contribution in [0, 0.1) is 0 Å². The molecule has 1 aliphatic heterocycles. The predicted molar refractivity (Wildman–Crippen MR) is 144 cm³/mol. The lowest BCUT2D eigenvalue weighted by atomic mass is 9.97. The molecule has 38 heavy (non-hydrogen) atoms. The fourth-order valence-electron chi connectivity index (χ4n) is 5.16. The molecule has 202 valence electrons. The lowest BCUT2D eigenvalue weighted by Gasteiger charge is -2.42. The van der Waals surface area contributed by atoms with E-state index in [1.807, 2.05) is 24.3 Å². The highest BCUT2D eigenvalue weighted by Gasteiger charge is 2.31. The molecule has 5 nitrogen and oxygen atoms in total. The van der Waals surface area contributed by atoms with Crippen molar-refractivity contribution in [1.82, 2.24) is 9.88 Å². The molecule has 2 heterocycles. The fourth-order valence-corrected chi connectivity index (χ4v) is 5.37. The highest BCUT2D eigenvalue weighted by molar-refractivity contribution is 6.30. The van der Waals surface area contributed by atoms with Crippen molar-refractivity contribution in [3.05, 3.63) is 94.3 Å². The number of carbonyl (C=O) groups excluding carboxylic acids is 1. The Morgan fingerprint density at radius 1 is 1.16 bits per heavy atom. The number of hydrogen-bond donors (Lipinski definition) is 1. The monoisotopic (exact) mass is 544 g/mol. The highest BCUT2D eigenvalue weighted by Crippen LogP contribution is 2.33. The smallest absolute Gasteiger partial charge is 0.366 e. The zero-order chi connectivity index (χ0) is 27.3. The molecule has 1 aliphatic rings. The normalized spacial score (nSPS) is 15.8. The van der Waals surface area contributed by atoms with Crippen LogP contribution in [0.15, 0.2) is 67.0 Å². The van der Waals surface area contributed by atoms with E-state index in [9.17, 15) is 18.0 Å². The molecular weight excluding hydrogens is 513 g/mol. The number of pyridine rings is 1. The molecule has 2 N–H and O–H groups in total. The number of aryl methyl sites for hydroxylation is 1. The minimum atomic E-state index is -4.37. The van der Waals surface area contributed by atoms with Gasteiger partial charge in [-0.15, -0.1) is 0 Å². The number of amides is 1. The molecule has 0 aliphatic carbocycles. The number of aromatic nitrogens is 1. The molecule has 2 aromatic carbocycles. The number of likely N-dealkylation sites (tertiary alicyclic amines) is 1. The van der Waals surface area contributed by atoms with Gasteiger partial charge in [0.1, 0.15) is 0 Å². The van der Waals surface area contributed by atoms with E-state index in [1.165, 1.54) is 0 Å². The topological polar surface area (TPSA) is 62.5 Å². The van der Waals surface area contributed by atoms with E-state index in [2.05, 4.69) is 21.7 Å². The molecule has 3 aromatic rings. The molecule has 0 bridgehead atoms. The second kappa shape index (κ2) is 12.2. The Morgan fingerprint density at radius 2 is 1.87 bits per heavy atom. The Labute approximate surface area is 226 Å². The largest absolute Gasteiger partial charge is 0.416 e. The summed E-state index contributed by atoms with van der Waals surface area (Å²) in [5.74, 6) is -0.445. The summed E-state index contributed by atoms with van der Waals surface area (Å²) < 4.78 is 39.5. The zero-order valence-corrected chi connectivity index (χ0v) is 22.1. The van der Waals surface area contributed by atoms with Crippen LogP contribution in [0.3, 0.4) is 0 Å². The summed E-state index contributed by atoms with van der Waals surface area (Å²) in [5.41, 5.74) is 8.00. The van der Waals surface area contributed by atoms with Gasteiger partial charge in [-0.1, -0.05) is 23.7 Å². The lowest BCUT2D eigenvalue weighted by Crippen LogP contribution is -2.47. The Balaban J connectivity index is 1.43. The van der Waals surface area contributed by atoms with Crippen LogP contribution in [0.2, 0.25) is 5.02 Å². The standard InChI is InChI=1S/C29H32ClF3N4O/c1-20(5-6-22-18-35-14-11-27(22)28(34)38)36-15-12-26(13-16-36)37(19-21-3-2-4-24(30)17-21)25-9-7-23(8-10-25)29(31,32)33/h2-4,7-11,14,17-18,20,26H,5-6,12-13,15-16,19H2,1H3,(H2,34,38). The SMILES string of the molecule is CC(CCc1cnccc1C(N)=O)N1CCC(N(Cc2cccc(Cl)c2)c2ccc(C(F)(F)F)cc2)CC1. The maximum Gasteiger partial charge on any atom is 0.416 e. The molecule has 4 rings (SSSR count). The third-order valence-corrected chi connectivity index (χ3v) is 7.57. The van der Waals surface area contributed by atoms with Crippen LogP contribution >= 0.6 is 11.6 Å². The van der Waals surface area contributed by atoms with Gasteiger partial charge in [0.05, 0.1) is 5.56 Å². The van der Waals surface area contributed by atoms with E-state index in [0.29, 0.717) is 29.6 Å². The second-order valence-corrected chi connectivity index (χ2v) is 10.3. The molecular formula is C29H32ClF3N4O. The van der Waals surface area contributed by atoms with Gasteiger partial charge in [-0.25, -0.2) is 0 Å². The third kappa shape index (κ3) is 7.05. The van der Waals surface area contributed by atoms with Crippen molar-refractivity contribution in [3.63, 3.8) is 0 Å². The number of benzene rings is 2. The van der Waals surface area contributed by atoms with Gasteiger partial charge in [-0.3, -0.25) is 9.78 Å². The van der Waals surface area contributed by atoms with Crippen molar-refractivity contribution in [2.75, 3.05) is 18.0 Å². The third-order valence-electron chi connectivity index (χ3n) is 7.33. The molecule has 0 radical (unpaired) electrons. The van der Waals surface area contributed by atoms with Crippen LogP contribution in [0.1, 0.15) is 53.2 Å². The highest BCUT2D eigenvalue weighted by atomic mass is 35.5. The number of hydrogen-bond acceptors (Lipinski definition) is 4. The van der Waals surface area contributed by atoms with Gasteiger partial charge >= 0.3 is 6.18 Å². The van der Waals surface area contributed by atoms with E-state index >= 15 is 0 Å². The van der Waals surface area contributed by atoms with Gasteiger partial charge < -0.3 is 15.5 Å². The Kier molecular flexibility index (Phi) is 8.95. The quantitative estimate of drug-likeness (QED) is 0.341. The summed E-state index contributed by atoms with van der Waals surface area (Å²) >= 11 is 6.21. The van der Waals surface area contributed by atoms with Gasteiger partial charge in [-0.05, 0) is 86.2 Å².